The average molecular weight is 257 g/mol. The number of piperidine rings is 1. The quantitative estimate of drug-likeness (QED) is 0.909. The third-order valence-electron chi connectivity index (χ3n) is 3.66. The number of hydrogen-bond donors (Lipinski definition) is 1. The zero-order chi connectivity index (χ0) is 13.1. The lowest BCUT2D eigenvalue weighted by molar-refractivity contribution is 0.353. The summed E-state index contributed by atoms with van der Waals surface area (Å²) in [4.78, 5) is 0. The van der Waals surface area contributed by atoms with E-state index in [1.54, 1.807) is 7.11 Å². The highest BCUT2D eigenvalue weighted by atomic mass is 16.5. The van der Waals surface area contributed by atoms with Crippen LogP contribution in [0.2, 0.25) is 0 Å². The minimum absolute atomic E-state index is 0.376. The van der Waals surface area contributed by atoms with E-state index in [0.717, 1.165) is 35.8 Å². The Hall–Kier alpha value is -1.74. The van der Waals surface area contributed by atoms with Gasteiger partial charge in [-0.3, -0.25) is 0 Å². The van der Waals surface area contributed by atoms with Gasteiger partial charge in [0.15, 0.2) is 0 Å². The van der Waals surface area contributed by atoms with Crippen LogP contribution in [0.15, 0.2) is 40.8 Å². The summed E-state index contributed by atoms with van der Waals surface area (Å²) in [5, 5.41) is 3.50. The number of hydrogen-bond acceptors (Lipinski definition) is 3. The van der Waals surface area contributed by atoms with Crippen LogP contribution in [0.5, 0.6) is 5.75 Å². The number of ether oxygens (including phenoxy) is 1. The highest BCUT2D eigenvalue weighted by molar-refractivity contribution is 5.58. The molecule has 19 heavy (non-hydrogen) atoms. The van der Waals surface area contributed by atoms with Crippen molar-refractivity contribution >= 4 is 0 Å². The lowest BCUT2D eigenvalue weighted by atomic mass is 10.0. The summed E-state index contributed by atoms with van der Waals surface area (Å²) < 4.78 is 11.1. The predicted molar refractivity (Wildman–Crippen MR) is 75.3 cm³/mol. The van der Waals surface area contributed by atoms with E-state index < -0.39 is 0 Å². The van der Waals surface area contributed by atoms with Crippen molar-refractivity contribution in [2.24, 2.45) is 0 Å². The van der Waals surface area contributed by atoms with Crippen LogP contribution >= 0.6 is 0 Å². The number of methoxy groups -OCH3 is 1. The first-order valence-corrected chi connectivity index (χ1v) is 6.84. The molecule has 0 unspecified atom stereocenters. The van der Waals surface area contributed by atoms with Crippen LogP contribution < -0.4 is 10.1 Å². The lowest BCUT2D eigenvalue weighted by Gasteiger charge is -2.21. The zero-order valence-corrected chi connectivity index (χ0v) is 11.2. The molecule has 0 saturated carbocycles. The first kappa shape index (κ1) is 12.3. The van der Waals surface area contributed by atoms with Crippen molar-refractivity contribution in [3.8, 4) is 17.1 Å². The maximum Gasteiger partial charge on any atom is 0.134 e. The fourth-order valence-corrected chi connectivity index (χ4v) is 2.55. The van der Waals surface area contributed by atoms with E-state index in [1.807, 2.05) is 30.3 Å². The second kappa shape index (κ2) is 5.49. The van der Waals surface area contributed by atoms with Gasteiger partial charge in [0.25, 0.3) is 0 Å². The molecule has 1 aromatic heterocycles. The lowest BCUT2D eigenvalue weighted by Crippen LogP contribution is -2.26. The molecule has 3 rings (SSSR count). The molecule has 0 radical (unpaired) electrons. The van der Waals surface area contributed by atoms with Crippen molar-refractivity contribution in [2.45, 2.75) is 25.3 Å². The fourth-order valence-electron chi connectivity index (χ4n) is 2.55. The molecule has 1 aromatic carbocycles. The Morgan fingerprint density at radius 1 is 1.11 bits per heavy atom. The molecule has 3 heteroatoms. The van der Waals surface area contributed by atoms with E-state index in [4.69, 9.17) is 9.15 Å². The second-order valence-electron chi connectivity index (χ2n) is 4.93. The SMILES string of the molecule is COc1ccc(-c2ccc([C@@H]3CCCCN3)o2)cc1. The number of furan rings is 1. The summed E-state index contributed by atoms with van der Waals surface area (Å²) in [6.07, 6.45) is 3.70. The largest absolute Gasteiger partial charge is 0.497 e. The van der Waals surface area contributed by atoms with Crippen LogP contribution in [0, 0.1) is 0 Å². The molecule has 1 aliphatic heterocycles. The third-order valence-corrected chi connectivity index (χ3v) is 3.66. The minimum atomic E-state index is 0.376. The zero-order valence-electron chi connectivity index (χ0n) is 11.2. The molecule has 1 N–H and O–H groups in total. The van der Waals surface area contributed by atoms with Gasteiger partial charge in [-0.05, 0) is 55.8 Å². The molecule has 1 saturated heterocycles. The molecule has 3 nitrogen and oxygen atoms in total. The van der Waals surface area contributed by atoms with Gasteiger partial charge in [0, 0.05) is 5.56 Å². The number of nitrogens with one attached hydrogen (secondary N) is 1. The van der Waals surface area contributed by atoms with Gasteiger partial charge in [-0.15, -0.1) is 0 Å². The van der Waals surface area contributed by atoms with Gasteiger partial charge < -0.3 is 14.5 Å². The second-order valence-corrected chi connectivity index (χ2v) is 4.93. The van der Waals surface area contributed by atoms with Crippen molar-refractivity contribution < 1.29 is 9.15 Å². The van der Waals surface area contributed by atoms with E-state index in [-0.39, 0.29) is 0 Å². The Balaban J connectivity index is 1.79. The molecule has 2 aromatic rings. The van der Waals surface area contributed by atoms with E-state index in [9.17, 15) is 0 Å². The summed E-state index contributed by atoms with van der Waals surface area (Å²) in [7, 11) is 1.68. The molecule has 1 aliphatic rings. The van der Waals surface area contributed by atoms with E-state index in [1.165, 1.54) is 12.8 Å². The monoisotopic (exact) mass is 257 g/mol. The Morgan fingerprint density at radius 3 is 2.63 bits per heavy atom. The molecule has 0 amide bonds. The average Bonchev–Trinajstić information content (AvgIpc) is 2.98. The van der Waals surface area contributed by atoms with Gasteiger partial charge in [0.1, 0.15) is 17.3 Å². The standard InChI is InChI=1S/C16H19NO2/c1-18-13-7-5-12(6-8-13)15-9-10-16(19-15)14-4-2-3-11-17-14/h5-10,14,17H,2-4,11H2,1H3/t14-/m0/s1. The first-order chi connectivity index (χ1) is 9.36. The molecule has 2 heterocycles. The number of benzene rings is 1. The van der Waals surface area contributed by atoms with Crippen molar-refractivity contribution in [2.75, 3.05) is 13.7 Å². The smallest absolute Gasteiger partial charge is 0.134 e. The van der Waals surface area contributed by atoms with Crippen LogP contribution in [0.3, 0.4) is 0 Å². The van der Waals surface area contributed by atoms with Crippen LogP contribution in [-0.4, -0.2) is 13.7 Å². The summed E-state index contributed by atoms with van der Waals surface area (Å²) >= 11 is 0. The minimum Gasteiger partial charge on any atom is -0.497 e. The van der Waals surface area contributed by atoms with E-state index in [0.29, 0.717) is 6.04 Å². The highest BCUT2D eigenvalue weighted by Crippen LogP contribution is 2.29. The van der Waals surface area contributed by atoms with Gasteiger partial charge in [-0.2, -0.15) is 0 Å². The van der Waals surface area contributed by atoms with Crippen molar-refractivity contribution in [1.29, 1.82) is 0 Å². The maximum absolute atomic E-state index is 5.98. The Morgan fingerprint density at radius 2 is 1.95 bits per heavy atom. The summed E-state index contributed by atoms with van der Waals surface area (Å²) in [6, 6.07) is 12.5. The normalized spacial score (nSPS) is 19.3. The summed E-state index contributed by atoms with van der Waals surface area (Å²) in [6.45, 7) is 1.09. The number of rotatable bonds is 3. The van der Waals surface area contributed by atoms with Crippen molar-refractivity contribution in [1.82, 2.24) is 5.32 Å². The Kier molecular flexibility index (Phi) is 3.56. The van der Waals surface area contributed by atoms with Crippen molar-refractivity contribution in [3.05, 3.63) is 42.2 Å². The molecule has 1 fully saturated rings. The predicted octanol–water partition coefficient (Wildman–Crippen LogP) is 3.77. The maximum atomic E-state index is 5.98. The first-order valence-electron chi connectivity index (χ1n) is 6.84. The van der Waals surface area contributed by atoms with Gasteiger partial charge in [0.2, 0.25) is 0 Å². The molecule has 0 bridgehead atoms. The highest BCUT2D eigenvalue weighted by Gasteiger charge is 2.18. The van der Waals surface area contributed by atoms with Crippen LogP contribution in [0.4, 0.5) is 0 Å². The van der Waals surface area contributed by atoms with E-state index in [2.05, 4.69) is 11.4 Å². The van der Waals surface area contributed by atoms with Crippen LogP contribution in [-0.2, 0) is 0 Å². The van der Waals surface area contributed by atoms with Crippen molar-refractivity contribution in [3.63, 3.8) is 0 Å². The van der Waals surface area contributed by atoms with Crippen LogP contribution in [0.25, 0.3) is 11.3 Å². The summed E-state index contributed by atoms with van der Waals surface area (Å²) in [5.41, 5.74) is 1.09. The van der Waals surface area contributed by atoms with Gasteiger partial charge in [-0.25, -0.2) is 0 Å². The van der Waals surface area contributed by atoms with Gasteiger partial charge in [-0.1, -0.05) is 6.42 Å². The Bertz CT molecular complexity index is 524. The third kappa shape index (κ3) is 2.66. The van der Waals surface area contributed by atoms with E-state index >= 15 is 0 Å². The molecule has 0 spiro atoms. The topological polar surface area (TPSA) is 34.4 Å². The molecule has 1 atom stereocenters. The molecule has 0 aliphatic carbocycles. The molecule has 100 valence electrons. The Labute approximate surface area is 113 Å². The molecular weight excluding hydrogens is 238 g/mol. The molecular formula is C16H19NO2. The van der Waals surface area contributed by atoms with Gasteiger partial charge in [0.05, 0.1) is 13.2 Å². The summed E-state index contributed by atoms with van der Waals surface area (Å²) in [5.74, 6) is 2.83. The van der Waals surface area contributed by atoms with Gasteiger partial charge >= 0.3 is 0 Å². The fraction of sp³-hybridized carbons (Fsp3) is 0.375. The van der Waals surface area contributed by atoms with Crippen LogP contribution in [0.1, 0.15) is 31.1 Å².